The lowest BCUT2D eigenvalue weighted by atomic mass is 10.1. The van der Waals surface area contributed by atoms with Crippen LogP contribution in [0.15, 0.2) is 16.8 Å². The van der Waals surface area contributed by atoms with E-state index in [0.29, 0.717) is 0 Å². The van der Waals surface area contributed by atoms with Crippen LogP contribution in [0, 0.1) is 0 Å². The molecule has 0 aliphatic heterocycles. The van der Waals surface area contributed by atoms with Crippen LogP contribution < -0.4 is 5.73 Å². The first-order valence-corrected chi connectivity index (χ1v) is 5.03. The summed E-state index contributed by atoms with van der Waals surface area (Å²) >= 11 is 1.72. The van der Waals surface area contributed by atoms with E-state index < -0.39 is 0 Å². The molecule has 2 N–H and O–H groups in total. The molecule has 68 valence electrons. The second-order valence-electron chi connectivity index (χ2n) is 2.88. The molecular weight excluding hydrogens is 170 g/mol. The summed E-state index contributed by atoms with van der Waals surface area (Å²) in [5.41, 5.74) is 7.21. The van der Waals surface area contributed by atoms with Gasteiger partial charge in [-0.15, -0.1) is 0 Å². The molecule has 0 aliphatic rings. The minimum absolute atomic E-state index is 0.236. The van der Waals surface area contributed by atoms with Crippen molar-refractivity contribution in [3.63, 3.8) is 0 Å². The lowest BCUT2D eigenvalue weighted by Gasteiger charge is -2.08. The van der Waals surface area contributed by atoms with E-state index in [1.165, 1.54) is 5.56 Å². The van der Waals surface area contributed by atoms with Crippen molar-refractivity contribution in [3.05, 3.63) is 22.4 Å². The van der Waals surface area contributed by atoms with Crippen LogP contribution in [0.25, 0.3) is 0 Å². The van der Waals surface area contributed by atoms with E-state index in [2.05, 4.69) is 16.8 Å². The molecule has 3 heteroatoms. The fourth-order valence-corrected chi connectivity index (χ4v) is 1.76. The van der Waals surface area contributed by atoms with E-state index in [-0.39, 0.29) is 6.04 Å². The van der Waals surface area contributed by atoms with Crippen molar-refractivity contribution in [2.24, 2.45) is 5.73 Å². The predicted octanol–water partition coefficient (Wildman–Crippen LogP) is 1.65. The van der Waals surface area contributed by atoms with Crippen molar-refractivity contribution in [1.82, 2.24) is 0 Å². The molecule has 0 radical (unpaired) electrons. The van der Waals surface area contributed by atoms with Crippen molar-refractivity contribution >= 4 is 11.3 Å². The Hall–Kier alpha value is -0.380. The maximum Gasteiger partial charge on any atom is 0.0477 e. The molecule has 0 saturated heterocycles. The highest BCUT2D eigenvalue weighted by Crippen LogP contribution is 2.08. The molecule has 0 amide bonds. The first kappa shape index (κ1) is 9.71. The molecule has 1 aromatic rings. The van der Waals surface area contributed by atoms with Gasteiger partial charge in [0.15, 0.2) is 0 Å². The minimum Gasteiger partial charge on any atom is -0.385 e. The lowest BCUT2D eigenvalue weighted by molar-refractivity contribution is 0.188. The summed E-state index contributed by atoms with van der Waals surface area (Å²) in [4.78, 5) is 0. The number of ether oxygens (including phenoxy) is 1. The summed E-state index contributed by atoms with van der Waals surface area (Å²) < 4.78 is 4.95. The van der Waals surface area contributed by atoms with Gasteiger partial charge in [0.1, 0.15) is 0 Å². The van der Waals surface area contributed by atoms with Gasteiger partial charge in [-0.1, -0.05) is 0 Å². The third kappa shape index (κ3) is 3.34. The molecule has 1 aromatic heterocycles. The molecule has 1 unspecified atom stereocenters. The fourth-order valence-electron chi connectivity index (χ4n) is 1.08. The normalized spacial score (nSPS) is 13.2. The van der Waals surface area contributed by atoms with E-state index in [1.54, 1.807) is 18.4 Å². The summed E-state index contributed by atoms with van der Waals surface area (Å²) in [5, 5.41) is 4.23. The highest BCUT2D eigenvalue weighted by atomic mass is 32.1. The van der Waals surface area contributed by atoms with Crippen molar-refractivity contribution in [3.8, 4) is 0 Å². The van der Waals surface area contributed by atoms with E-state index in [4.69, 9.17) is 10.5 Å². The Balaban J connectivity index is 2.22. The smallest absolute Gasteiger partial charge is 0.0477 e. The number of hydrogen-bond acceptors (Lipinski definition) is 3. The highest BCUT2D eigenvalue weighted by molar-refractivity contribution is 7.07. The van der Waals surface area contributed by atoms with Gasteiger partial charge in [-0.2, -0.15) is 11.3 Å². The zero-order chi connectivity index (χ0) is 8.81. The van der Waals surface area contributed by atoms with Gasteiger partial charge < -0.3 is 10.5 Å². The molecule has 0 fully saturated rings. The first-order chi connectivity index (χ1) is 5.83. The molecule has 1 rings (SSSR count). The summed E-state index contributed by atoms with van der Waals surface area (Å²) in [6, 6.07) is 2.36. The number of nitrogens with two attached hydrogens (primary N) is 1. The van der Waals surface area contributed by atoms with E-state index >= 15 is 0 Å². The molecule has 0 bridgehead atoms. The molecule has 0 spiro atoms. The van der Waals surface area contributed by atoms with E-state index in [0.717, 1.165) is 19.4 Å². The molecule has 2 nitrogen and oxygen atoms in total. The van der Waals surface area contributed by atoms with Crippen LogP contribution in [0.3, 0.4) is 0 Å². The molecule has 1 heterocycles. The van der Waals surface area contributed by atoms with Gasteiger partial charge in [-0.25, -0.2) is 0 Å². The van der Waals surface area contributed by atoms with Crippen LogP contribution in [-0.2, 0) is 11.2 Å². The van der Waals surface area contributed by atoms with Gasteiger partial charge in [-0.05, 0) is 35.2 Å². The zero-order valence-corrected chi connectivity index (χ0v) is 8.14. The van der Waals surface area contributed by atoms with E-state index in [9.17, 15) is 0 Å². The van der Waals surface area contributed by atoms with Gasteiger partial charge in [0.25, 0.3) is 0 Å². The quantitative estimate of drug-likeness (QED) is 0.757. The Labute approximate surface area is 77.3 Å². The molecule has 1 atom stereocenters. The number of methoxy groups -OCH3 is 1. The number of rotatable bonds is 5. The van der Waals surface area contributed by atoms with Crippen molar-refractivity contribution in [2.75, 3.05) is 13.7 Å². The van der Waals surface area contributed by atoms with Gasteiger partial charge in [0, 0.05) is 19.8 Å². The molecule has 0 aliphatic carbocycles. The van der Waals surface area contributed by atoms with Gasteiger partial charge in [0.05, 0.1) is 0 Å². The van der Waals surface area contributed by atoms with Gasteiger partial charge in [-0.3, -0.25) is 0 Å². The van der Waals surface area contributed by atoms with Gasteiger partial charge >= 0.3 is 0 Å². The Morgan fingerprint density at radius 3 is 3.08 bits per heavy atom. The maximum atomic E-state index is 5.88. The monoisotopic (exact) mass is 185 g/mol. The molecule has 0 aromatic carbocycles. The van der Waals surface area contributed by atoms with Crippen LogP contribution >= 0.6 is 11.3 Å². The molecular formula is C9H15NOS. The fraction of sp³-hybridized carbons (Fsp3) is 0.556. The molecule has 0 saturated carbocycles. The van der Waals surface area contributed by atoms with Crippen LogP contribution in [0.4, 0.5) is 0 Å². The predicted molar refractivity (Wildman–Crippen MR) is 52.5 cm³/mol. The largest absolute Gasteiger partial charge is 0.385 e. The van der Waals surface area contributed by atoms with Crippen LogP contribution in [0.2, 0.25) is 0 Å². The summed E-state index contributed by atoms with van der Waals surface area (Å²) in [6.45, 7) is 0.755. The Kier molecular flexibility index (Phi) is 4.29. The first-order valence-electron chi connectivity index (χ1n) is 4.08. The minimum atomic E-state index is 0.236. The third-order valence-corrected chi connectivity index (χ3v) is 2.50. The summed E-state index contributed by atoms with van der Waals surface area (Å²) in [5.74, 6) is 0. The van der Waals surface area contributed by atoms with Crippen molar-refractivity contribution < 1.29 is 4.74 Å². The second-order valence-corrected chi connectivity index (χ2v) is 3.66. The SMILES string of the molecule is COCCC(N)Cc1ccsc1. The standard InChI is InChI=1S/C9H15NOS/c1-11-4-2-9(10)6-8-3-5-12-7-8/h3,5,7,9H,2,4,6,10H2,1H3. The van der Waals surface area contributed by atoms with Gasteiger partial charge in [0.2, 0.25) is 0 Å². The van der Waals surface area contributed by atoms with Crippen LogP contribution in [-0.4, -0.2) is 19.8 Å². The average molecular weight is 185 g/mol. The zero-order valence-electron chi connectivity index (χ0n) is 7.32. The Morgan fingerprint density at radius 1 is 1.67 bits per heavy atom. The summed E-state index contributed by atoms with van der Waals surface area (Å²) in [6.07, 6.45) is 1.90. The van der Waals surface area contributed by atoms with Crippen molar-refractivity contribution in [2.45, 2.75) is 18.9 Å². The Morgan fingerprint density at radius 2 is 2.50 bits per heavy atom. The molecule has 12 heavy (non-hydrogen) atoms. The highest BCUT2D eigenvalue weighted by Gasteiger charge is 2.03. The number of thiophene rings is 1. The third-order valence-electron chi connectivity index (χ3n) is 1.77. The van der Waals surface area contributed by atoms with Crippen molar-refractivity contribution in [1.29, 1.82) is 0 Å². The second kappa shape index (κ2) is 5.30. The number of hydrogen-bond donors (Lipinski definition) is 1. The maximum absolute atomic E-state index is 5.88. The van der Waals surface area contributed by atoms with Crippen LogP contribution in [0.5, 0.6) is 0 Å². The average Bonchev–Trinajstić information content (AvgIpc) is 2.53. The van der Waals surface area contributed by atoms with Crippen LogP contribution in [0.1, 0.15) is 12.0 Å². The lowest BCUT2D eigenvalue weighted by Crippen LogP contribution is -2.24. The van der Waals surface area contributed by atoms with E-state index in [1.807, 2.05) is 0 Å². The summed E-state index contributed by atoms with van der Waals surface area (Å²) in [7, 11) is 1.71. The topological polar surface area (TPSA) is 35.2 Å². The Bertz CT molecular complexity index is 198.